The highest BCUT2D eigenvalue weighted by molar-refractivity contribution is 7.92. The van der Waals surface area contributed by atoms with Gasteiger partial charge in [0.2, 0.25) is 0 Å². The van der Waals surface area contributed by atoms with Crippen LogP contribution in [0.25, 0.3) is 10.2 Å². The number of hydrogen-bond donors (Lipinski definition) is 1. The van der Waals surface area contributed by atoms with Gasteiger partial charge in [-0.15, -0.1) is 0 Å². The molecule has 1 aromatic heterocycles. The molecule has 1 heterocycles. The number of methoxy groups -OCH3 is 1. The normalized spacial score (nSPS) is 12.3. The van der Waals surface area contributed by atoms with Crippen LogP contribution in [0.5, 0.6) is 0 Å². The first-order chi connectivity index (χ1) is 16.7. The minimum Gasteiger partial charge on any atom is -0.383 e. The van der Waals surface area contributed by atoms with Crippen molar-refractivity contribution >= 4 is 66.4 Å². The molecule has 0 aliphatic rings. The van der Waals surface area contributed by atoms with Crippen LogP contribution in [0.3, 0.4) is 0 Å². The van der Waals surface area contributed by atoms with Crippen LogP contribution in [0.4, 0.5) is 5.69 Å². The number of halogens is 2. The predicted octanol–water partition coefficient (Wildman–Crippen LogP) is 5.51. The lowest BCUT2D eigenvalue weighted by atomic mass is 10.2. The molecule has 35 heavy (non-hydrogen) atoms. The van der Waals surface area contributed by atoms with E-state index in [0.29, 0.717) is 44.8 Å². The number of carbonyl (C=O) groups excluding carboxylic acids is 1. The van der Waals surface area contributed by atoms with Crippen molar-refractivity contribution in [3.63, 3.8) is 0 Å². The Morgan fingerprint density at radius 3 is 2.34 bits per heavy atom. The van der Waals surface area contributed by atoms with Gasteiger partial charge in [0.15, 0.2) is 4.80 Å². The number of nitrogens with zero attached hydrogens (tertiary/aromatic N) is 2. The van der Waals surface area contributed by atoms with E-state index in [-0.39, 0.29) is 4.90 Å². The number of thiazole rings is 1. The van der Waals surface area contributed by atoms with E-state index < -0.39 is 15.9 Å². The molecule has 0 saturated heterocycles. The van der Waals surface area contributed by atoms with Crippen molar-refractivity contribution in [1.29, 1.82) is 0 Å². The van der Waals surface area contributed by atoms with E-state index in [1.54, 1.807) is 35.9 Å². The number of fused-ring (bicyclic) bond motifs is 1. The lowest BCUT2D eigenvalue weighted by molar-refractivity contribution is 0.0997. The molecule has 4 aromatic rings. The SMILES string of the molecule is COCCn1c(=NC(=O)c2ccc(NS(=O)(=O)c3ccc(C)cc3)cc2)sc2c(Cl)ccc(Cl)c21. The predicted molar refractivity (Wildman–Crippen MR) is 140 cm³/mol. The molecule has 1 amide bonds. The maximum absolute atomic E-state index is 12.9. The van der Waals surface area contributed by atoms with Gasteiger partial charge in [0, 0.05) is 24.9 Å². The van der Waals surface area contributed by atoms with Gasteiger partial charge in [-0.2, -0.15) is 4.99 Å². The molecular weight excluding hydrogens is 529 g/mol. The first-order valence-electron chi connectivity index (χ1n) is 10.4. The molecule has 0 aliphatic heterocycles. The molecular formula is C24H21Cl2N3O4S2. The second-order valence-corrected chi connectivity index (χ2v) is 11.1. The second-order valence-electron chi connectivity index (χ2n) is 7.65. The zero-order valence-electron chi connectivity index (χ0n) is 18.8. The highest BCUT2D eigenvalue weighted by atomic mass is 35.5. The van der Waals surface area contributed by atoms with Crippen molar-refractivity contribution in [1.82, 2.24) is 4.57 Å². The maximum Gasteiger partial charge on any atom is 0.279 e. The van der Waals surface area contributed by atoms with Gasteiger partial charge in [-0.05, 0) is 55.5 Å². The number of aryl methyl sites for hydroxylation is 1. The summed E-state index contributed by atoms with van der Waals surface area (Å²) in [5, 5.41) is 1.01. The average molecular weight is 550 g/mol. The van der Waals surface area contributed by atoms with E-state index in [0.717, 1.165) is 10.3 Å². The molecule has 0 unspecified atom stereocenters. The highest BCUT2D eigenvalue weighted by Gasteiger charge is 2.16. The van der Waals surface area contributed by atoms with Gasteiger partial charge < -0.3 is 9.30 Å². The Morgan fingerprint density at radius 2 is 1.69 bits per heavy atom. The summed E-state index contributed by atoms with van der Waals surface area (Å²) in [5.74, 6) is -0.483. The third-order valence-electron chi connectivity index (χ3n) is 5.16. The van der Waals surface area contributed by atoms with Gasteiger partial charge in [-0.1, -0.05) is 52.2 Å². The van der Waals surface area contributed by atoms with E-state index in [1.807, 2.05) is 6.92 Å². The molecule has 0 spiro atoms. The Hall–Kier alpha value is -2.69. The molecule has 0 radical (unpaired) electrons. The van der Waals surface area contributed by atoms with Crippen molar-refractivity contribution in [2.24, 2.45) is 4.99 Å². The molecule has 11 heteroatoms. The van der Waals surface area contributed by atoms with Crippen molar-refractivity contribution in [3.8, 4) is 0 Å². The Kier molecular flexibility index (Phi) is 7.63. The Morgan fingerprint density at radius 1 is 1.03 bits per heavy atom. The Balaban J connectivity index is 1.63. The highest BCUT2D eigenvalue weighted by Crippen LogP contribution is 2.32. The van der Waals surface area contributed by atoms with Crippen LogP contribution in [0.2, 0.25) is 10.0 Å². The van der Waals surface area contributed by atoms with Gasteiger partial charge in [0.05, 0.1) is 31.8 Å². The van der Waals surface area contributed by atoms with Crippen molar-refractivity contribution < 1.29 is 17.9 Å². The fraction of sp³-hybridized carbons (Fsp3) is 0.167. The lowest BCUT2D eigenvalue weighted by Crippen LogP contribution is -2.19. The van der Waals surface area contributed by atoms with Crippen LogP contribution in [0, 0.1) is 6.92 Å². The molecule has 182 valence electrons. The van der Waals surface area contributed by atoms with Crippen molar-refractivity contribution in [2.45, 2.75) is 18.4 Å². The smallest absolute Gasteiger partial charge is 0.279 e. The summed E-state index contributed by atoms with van der Waals surface area (Å²) in [5.41, 5.74) is 2.28. The van der Waals surface area contributed by atoms with Crippen LogP contribution in [-0.4, -0.2) is 32.6 Å². The number of amides is 1. The quantitative estimate of drug-likeness (QED) is 0.329. The number of ether oxygens (including phenoxy) is 1. The topological polar surface area (TPSA) is 89.8 Å². The van der Waals surface area contributed by atoms with Crippen molar-refractivity contribution in [3.05, 3.63) is 86.6 Å². The summed E-state index contributed by atoms with van der Waals surface area (Å²) in [7, 11) is -2.16. The number of hydrogen-bond acceptors (Lipinski definition) is 5. The van der Waals surface area contributed by atoms with E-state index in [1.165, 1.54) is 47.7 Å². The first kappa shape index (κ1) is 25.4. The van der Waals surface area contributed by atoms with E-state index in [4.69, 9.17) is 27.9 Å². The second kappa shape index (κ2) is 10.5. The van der Waals surface area contributed by atoms with Crippen LogP contribution in [0.1, 0.15) is 15.9 Å². The number of carbonyl (C=O) groups is 1. The fourth-order valence-corrected chi connectivity index (χ4v) is 6.08. The minimum absolute atomic E-state index is 0.154. The largest absolute Gasteiger partial charge is 0.383 e. The summed E-state index contributed by atoms with van der Waals surface area (Å²) in [6.45, 7) is 2.71. The fourth-order valence-electron chi connectivity index (χ4n) is 3.35. The van der Waals surface area contributed by atoms with Gasteiger partial charge in [-0.25, -0.2) is 8.42 Å². The Bertz CT molecular complexity index is 1560. The van der Waals surface area contributed by atoms with Crippen LogP contribution in [0.15, 0.2) is 70.6 Å². The first-order valence-corrected chi connectivity index (χ1v) is 13.5. The number of aromatic nitrogens is 1. The van der Waals surface area contributed by atoms with Gasteiger partial charge in [0.1, 0.15) is 0 Å². The van der Waals surface area contributed by atoms with Crippen LogP contribution in [-0.2, 0) is 21.3 Å². The number of anilines is 1. The summed E-state index contributed by atoms with van der Waals surface area (Å²) in [6.07, 6.45) is 0. The molecule has 0 atom stereocenters. The minimum atomic E-state index is -3.75. The third kappa shape index (κ3) is 5.60. The number of sulfonamides is 1. The molecule has 0 saturated carbocycles. The molecule has 3 aromatic carbocycles. The van der Waals surface area contributed by atoms with Gasteiger partial charge in [0.25, 0.3) is 15.9 Å². The standard InChI is InChI=1S/C24H21Cl2N3O4S2/c1-15-3-9-18(10-4-15)35(31,32)28-17-7-5-16(6-8-17)23(30)27-24-29(13-14-33-2)21-19(25)11-12-20(26)22(21)34-24/h3-12,28H,13-14H2,1-2H3. The maximum atomic E-state index is 12.9. The number of benzene rings is 3. The summed E-state index contributed by atoms with van der Waals surface area (Å²) >= 11 is 14.0. The molecule has 1 N–H and O–H groups in total. The monoisotopic (exact) mass is 549 g/mol. The number of rotatable bonds is 7. The molecule has 7 nitrogen and oxygen atoms in total. The zero-order chi connectivity index (χ0) is 25.2. The third-order valence-corrected chi connectivity index (χ3v) is 8.40. The van der Waals surface area contributed by atoms with E-state index in [2.05, 4.69) is 9.71 Å². The van der Waals surface area contributed by atoms with E-state index >= 15 is 0 Å². The van der Waals surface area contributed by atoms with E-state index in [9.17, 15) is 13.2 Å². The molecule has 4 rings (SSSR count). The lowest BCUT2D eigenvalue weighted by Gasteiger charge is -2.08. The van der Waals surface area contributed by atoms with Crippen LogP contribution < -0.4 is 9.52 Å². The number of nitrogens with one attached hydrogen (secondary N) is 1. The Labute approximate surface area is 216 Å². The molecule has 0 aliphatic carbocycles. The average Bonchev–Trinajstić information content (AvgIpc) is 3.19. The molecule has 0 fully saturated rings. The summed E-state index contributed by atoms with van der Waals surface area (Å²) in [6, 6.07) is 16.0. The zero-order valence-corrected chi connectivity index (χ0v) is 21.9. The summed E-state index contributed by atoms with van der Waals surface area (Å²) < 4.78 is 35.5. The molecule has 0 bridgehead atoms. The summed E-state index contributed by atoms with van der Waals surface area (Å²) in [4.78, 5) is 17.8. The van der Waals surface area contributed by atoms with Crippen molar-refractivity contribution in [2.75, 3.05) is 18.4 Å². The van der Waals surface area contributed by atoms with Crippen LogP contribution >= 0.6 is 34.5 Å². The van der Waals surface area contributed by atoms with Gasteiger partial charge in [-0.3, -0.25) is 9.52 Å². The van der Waals surface area contributed by atoms with Gasteiger partial charge >= 0.3 is 0 Å².